The summed E-state index contributed by atoms with van der Waals surface area (Å²) in [4.78, 5) is 25.4. The molecule has 0 spiro atoms. The third-order valence-electron chi connectivity index (χ3n) is 7.85. The normalized spacial score (nSPS) is 22.2. The second-order valence-electron chi connectivity index (χ2n) is 10.6. The molecule has 8 nitrogen and oxygen atoms in total. The van der Waals surface area contributed by atoms with Crippen molar-refractivity contribution in [3.63, 3.8) is 0 Å². The standard InChI is InChI=1S/C31H41NO7/c1-31-14-8-4-7-11-25(29(31)32-30(34)38-21-23-9-5-3-6-10-23)19-24-12-13-26(20-27(24)31)39-28(33)22-37-18-17-36-16-15-35-2/h3,5-6,9-10,12-13,20,25,29H,4,7-8,11,14-19,21-22H2,1-2H3,(H,32,34)/t25-,29-,31+/m0/s1. The number of alkyl carbamates (subject to hydrolysis) is 1. The molecule has 0 radical (unpaired) electrons. The van der Waals surface area contributed by atoms with Gasteiger partial charge >= 0.3 is 12.1 Å². The predicted molar refractivity (Wildman–Crippen MR) is 147 cm³/mol. The van der Waals surface area contributed by atoms with Gasteiger partial charge in [-0.15, -0.1) is 0 Å². The van der Waals surface area contributed by atoms with Gasteiger partial charge in [-0.05, 0) is 54.0 Å². The van der Waals surface area contributed by atoms with Crippen LogP contribution in [0.15, 0.2) is 48.5 Å². The van der Waals surface area contributed by atoms with Crippen molar-refractivity contribution in [1.82, 2.24) is 5.32 Å². The van der Waals surface area contributed by atoms with E-state index in [1.54, 1.807) is 7.11 Å². The molecule has 0 aliphatic heterocycles. The van der Waals surface area contributed by atoms with Gasteiger partial charge in [-0.1, -0.05) is 62.6 Å². The number of fused-ring (bicyclic) bond motifs is 4. The average Bonchev–Trinajstić information content (AvgIpc) is 2.94. The number of carbonyl (C=O) groups is 2. The van der Waals surface area contributed by atoms with Crippen LogP contribution in [0.5, 0.6) is 5.75 Å². The van der Waals surface area contributed by atoms with E-state index in [0.717, 1.165) is 43.2 Å². The van der Waals surface area contributed by atoms with Crippen LogP contribution in [0.25, 0.3) is 0 Å². The van der Waals surface area contributed by atoms with Crippen LogP contribution in [0.1, 0.15) is 55.7 Å². The van der Waals surface area contributed by atoms with E-state index in [2.05, 4.69) is 18.3 Å². The van der Waals surface area contributed by atoms with Gasteiger partial charge in [-0.3, -0.25) is 0 Å². The molecule has 2 aromatic rings. The first-order valence-electron chi connectivity index (χ1n) is 14.0. The summed E-state index contributed by atoms with van der Waals surface area (Å²) in [6, 6.07) is 15.5. The van der Waals surface area contributed by atoms with Gasteiger partial charge in [0.1, 0.15) is 19.0 Å². The van der Waals surface area contributed by atoms with Crippen molar-refractivity contribution in [1.29, 1.82) is 0 Å². The number of hydrogen-bond acceptors (Lipinski definition) is 7. The predicted octanol–water partition coefficient (Wildman–Crippen LogP) is 4.96. The molecule has 8 heteroatoms. The Kier molecular flexibility index (Phi) is 10.8. The highest BCUT2D eigenvalue weighted by Crippen LogP contribution is 2.47. The lowest BCUT2D eigenvalue weighted by molar-refractivity contribution is -0.140. The monoisotopic (exact) mass is 539 g/mol. The lowest BCUT2D eigenvalue weighted by Crippen LogP contribution is -2.57. The first-order valence-corrected chi connectivity index (χ1v) is 14.0. The van der Waals surface area contributed by atoms with Gasteiger partial charge in [-0.2, -0.15) is 0 Å². The number of methoxy groups -OCH3 is 1. The van der Waals surface area contributed by atoms with E-state index in [9.17, 15) is 9.59 Å². The van der Waals surface area contributed by atoms with Crippen molar-refractivity contribution in [2.75, 3.05) is 40.1 Å². The van der Waals surface area contributed by atoms with Crippen molar-refractivity contribution in [2.24, 2.45) is 5.92 Å². The van der Waals surface area contributed by atoms with E-state index in [4.69, 9.17) is 23.7 Å². The Morgan fingerprint density at radius 2 is 1.77 bits per heavy atom. The van der Waals surface area contributed by atoms with Gasteiger partial charge < -0.3 is 29.0 Å². The third kappa shape index (κ3) is 8.03. The first-order chi connectivity index (χ1) is 19.0. The zero-order valence-electron chi connectivity index (χ0n) is 23.1. The minimum atomic E-state index is -0.456. The first kappa shape index (κ1) is 29.1. The van der Waals surface area contributed by atoms with Crippen molar-refractivity contribution < 1.29 is 33.3 Å². The Morgan fingerprint density at radius 1 is 0.974 bits per heavy atom. The highest BCUT2D eigenvalue weighted by atomic mass is 16.6. The molecule has 212 valence electrons. The zero-order chi connectivity index (χ0) is 27.5. The van der Waals surface area contributed by atoms with Gasteiger partial charge in [0.15, 0.2) is 0 Å². The summed E-state index contributed by atoms with van der Waals surface area (Å²) in [6.45, 7) is 4.00. The van der Waals surface area contributed by atoms with Gasteiger partial charge in [0.2, 0.25) is 0 Å². The van der Waals surface area contributed by atoms with Crippen LogP contribution in [-0.4, -0.2) is 58.2 Å². The molecular formula is C31H41NO7. The minimum absolute atomic E-state index is 0.0685. The molecule has 2 aliphatic carbocycles. The molecule has 0 aromatic heterocycles. The fourth-order valence-electron chi connectivity index (χ4n) is 5.90. The Balaban J connectivity index is 1.41. The van der Waals surface area contributed by atoms with Crippen LogP contribution in [0.2, 0.25) is 0 Å². The fourth-order valence-corrected chi connectivity index (χ4v) is 5.90. The van der Waals surface area contributed by atoms with Crippen LogP contribution in [0.3, 0.4) is 0 Å². The SMILES string of the molecule is COCCOCCOCC(=O)Oc1ccc2c(c1)[C@@]1(C)CCCCC[C@@H](C2)[C@@H]1NC(=O)OCc1ccccc1. The van der Waals surface area contributed by atoms with Gasteiger partial charge in [-0.25, -0.2) is 9.59 Å². The Bertz CT molecular complexity index is 1080. The van der Waals surface area contributed by atoms with E-state index < -0.39 is 12.1 Å². The molecule has 2 aromatic carbocycles. The lowest BCUT2D eigenvalue weighted by Gasteiger charge is -2.49. The van der Waals surface area contributed by atoms with Gasteiger partial charge in [0.25, 0.3) is 0 Å². The largest absolute Gasteiger partial charge is 0.445 e. The molecule has 1 N–H and O–H groups in total. The van der Waals surface area contributed by atoms with E-state index >= 15 is 0 Å². The number of carbonyl (C=O) groups excluding carboxylic acids is 2. The summed E-state index contributed by atoms with van der Waals surface area (Å²) in [6.07, 6.45) is 5.87. The zero-order valence-corrected chi connectivity index (χ0v) is 23.1. The second-order valence-corrected chi connectivity index (χ2v) is 10.6. The summed E-state index contributed by atoms with van der Waals surface area (Å²) < 4.78 is 26.9. The van der Waals surface area contributed by atoms with Crippen LogP contribution in [0.4, 0.5) is 4.79 Å². The average molecular weight is 540 g/mol. The summed E-state index contributed by atoms with van der Waals surface area (Å²) in [7, 11) is 1.62. The maximum atomic E-state index is 12.9. The van der Waals surface area contributed by atoms with Crippen molar-refractivity contribution in [3.05, 3.63) is 65.2 Å². The number of rotatable bonds is 12. The number of hydrogen-bond donors (Lipinski definition) is 1. The molecule has 2 aliphatic rings. The van der Waals surface area contributed by atoms with Crippen LogP contribution >= 0.6 is 0 Å². The Labute approximate surface area is 231 Å². The molecule has 0 unspecified atom stereocenters. The van der Waals surface area contributed by atoms with Crippen molar-refractivity contribution in [3.8, 4) is 5.75 Å². The Morgan fingerprint density at radius 3 is 2.59 bits per heavy atom. The number of amides is 1. The van der Waals surface area contributed by atoms with E-state index in [1.807, 2.05) is 42.5 Å². The molecular weight excluding hydrogens is 498 g/mol. The number of ether oxygens (including phenoxy) is 5. The molecule has 1 amide bonds. The van der Waals surface area contributed by atoms with Crippen molar-refractivity contribution in [2.45, 2.75) is 63.5 Å². The topological polar surface area (TPSA) is 92.3 Å². The maximum Gasteiger partial charge on any atom is 0.407 e. The fraction of sp³-hybridized carbons (Fsp3) is 0.548. The summed E-state index contributed by atoms with van der Waals surface area (Å²) in [5.41, 5.74) is 3.04. The number of nitrogens with one attached hydrogen (secondary N) is 1. The quantitative estimate of drug-likeness (QED) is 0.232. The lowest BCUT2D eigenvalue weighted by atomic mass is 9.59. The summed E-state index contributed by atoms with van der Waals surface area (Å²) in [5, 5.41) is 3.24. The number of benzene rings is 2. The van der Waals surface area contributed by atoms with E-state index in [0.29, 0.717) is 38.1 Å². The van der Waals surface area contributed by atoms with E-state index in [1.165, 1.54) is 12.0 Å². The molecule has 4 rings (SSSR count). The van der Waals surface area contributed by atoms with Crippen LogP contribution < -0.4 is 10.1 Å². The highest BCUT2D eigenvalue weighted by Gasteiger charge is 2.46. The molecule has 0 saturated heterocycles. The minimum Gasteiger partial charge on any atom is -0.445 e. The van der Waals surface area contributed by atoms with Crippen molar-refractivity contribution >= 4 is 12.1 Å². The molecule has 2 bridgehead atoms. The summed E-state index contributed by atoms with van der Waals surface area (Å²) >= 11 is 0. The Hall–Kier alpha value is -2.94. The number of esters is 1. The van der Waals surface area contributed by atoms with Crippen LogP contribution in [0, 0.1) is 5.92 Å². The molecule has 1 fully saturated rings. The maximum absolute atomic E-state index is 12.9. The molecule has 3 atom stereocenters. The highest BCUT2D eigenvalue weighted by molar-refractivity contribution is 5.74. The van der Waals surface area contributed by atoms with Gasteiger partial charge in [0.05, 0.1) is 26.4 Å². The molecule has 1 saturated carbocycles. The van der Waals surface area contributed by atoms with E-state index in [-0.39, 0.29) is 24.7 Å². The van der Waals surface area contributed by atoms with Crippen LogP contribution in [-0.2, 0) is 42.2 Å². The summed E-state index contributed by atoms with van der Waals surface area (Å²) in [5.74, 6) is 0.355. The third-order valence-corrected chi connectivity index (χ3v) is 7.85. The molecule has 39 heavy (non-hydrogen) atoms. The molecule has 0 heterocycles. The smallest absolute Gasteiger partial charge is 0.407 e. The van der Waals surface area contributed by atoms with Gasteiger partial charge in [0, 0.05) is 18.6 Å². The second kappa shape index (κ2) is 14.4.